The molecule has 0 spiro atoms. The average Bonchev–Trinajstić information content (AvgIpc) is 2.57. The predicted octanol–water partition coefficient (Wildman–Crippen LogP) is 2.66. The maximum atomic E-state index is 4.66. The number of halogens is 2. The Balaban J connectivity index is 2.64. The first kappa shape index (κ1) is 8.83. The highest BCUT2D eigenvalue weighted by molar-refractivity contribution is 9.11. The second-order valence-corrected chi connectivity index (χ2v) is 3.94. The smallest absolute Gasteiger partial charge is 0.214 e. The van der Waals surface area contributed by atoms with Gasteiger partial charge in [0.05, 0.1) is 5.56 Å². The molecule has 66 valence electrons. The van der Waals surface area contributed by atoms with Crippen molar-refractivity contribution < 1.29 is 4.52 Å². The van der Waals surface area contributed by atoms with Crippen LogP contribution in [0.2, 0.25) is 0 Å². The van der Waals surface area contributed by atoms with E-state index in [9.17, 15) is 0 Å². The van der Waals surface area contributed by atoms with Crippen LogP contribution in [0.4, 0.5) is 0 Å². The van der Waals surface area contributed by atoms with E-state index >= 15 is 0 Å². The van der Waals surface area contributed by atoms with Crippen LogP contribution in [0.15, 0.2) is 32.3 Å². The molecule has 4 nitrogen and oxygen atoms in total. The van der Waals surface area contributed by atoms with Gasteiger partial charge in [0, 0.05) is 21.3 Å². The van der Waals surface area contributed by atoms with Gasteiger partial charge in [0.15, 0.2) is 0 Å². The summed E-state index contributed by atoms with van der Waals surface area (Å²) in [7, 11) is 0. The van der Waals surface area contributed by atoms with E-state index in [1.54, 1.807) is 12.4 Å². The zero-order valence-electron chi connectivity index (χ0n) is 6.24. The van der Waals surface area contributed by atoms with E-state index in [0.29, 0.717) is 5.82 Å². The standard InChI is InChI=1S/C7H3Br2N3O/c8-4-1-10-2-5(9)6(4)7-11-3-13-12-7/h1-3H. The number of rotatable bonds is 1. The molecule has 0 saturated heterocycles. The van der Waals surface area contributed by atoms with Crippen molar-refractivity contribution in [3.8, 4) is 11.4 Å². The van der Waals surface area contributed by atoms with Crippen LogP contribution in [0.1, 0.15) is 0 Å². The first-order valence-electron chi connectivity index (χ1n) is 3.35. The van der Waals surface area contributed by atoms with Crippen molar-refractivity contribution in [3.63, 3.8) is 0 Å². The summed E-state index contributed by atoms with van der Waals surface area (Å²) >= 11 is 6.71. The van der Waals surface area contributed by atoms with E-state index in [4.69, 9.17) is 0 Å². The molecule has 0 N–H and O–H groups in total. The minimum atomic E-state index is 0.529. The van der Waals surface area contributed by atoms with Crippen LogP contribution < -0.4 is 0 Å². The fourth-order valence-corrected chi connectivity index (χ4v) is 2.19. The van der Waals surface area contributed by atoms with E-state index < -0.39 is 0 Å². The van der Waals surface area contributed by atoms with Crippen LogP contribution in [0, 0.1) is 0 Å². The highest BCUT2D eigenvalue weighted by Crippen LogP contribution is 2.31. The van der Waals surface area contributed by atoms with Crippen LogP contribution >= 0.6 is 31.9 Å². The molecule has 0 aliphatic heterocycles. The van der Waals surface area contributed by atoms with Crippen LogP contribution in [0.3, 0.4) is 0 Å². The van der Waals surface area contributed by atoms with Gasteiger partial charge >= 0.3 is 0 Å². The number of hydrogen-bond acceptors (Lipinski definition) is 4. The molecular weight excluding hydrogens is 302 g/mol. The Morgan fingerprint density at radius 2 is 1.85 bits per heavy atom. The van der Waals surface area contributed by atoms with Gasteiger partial charge in [-0.15, -0.1) is 0 Å². The minimum absolute atomic E-state index is 0.529. The summed E-state index contributed by atoms with van der Waals surface area (Å²) in [5.74, 6) is 0.529. The Kier molecular flexibility index (Phi) is 2.41. The second-order valence-electron chi connectivity index (χ2n) is 2.23. The molecule has 2 aromatic rings. The fraction of sp³-hybridized carbons (Fsp3) is 0. The molecular formula is C7H3Br2N3O. The average molecular weight is 305 g/mol. The van der Waals surface area contributed by atoms with Crippen LogP contribution in [0.5, 0.6) is 0 Å². The molecule has 2 rings (SSSR count). The molecule has 13 heavy (non-hydrogen) atoms. The molecule has 0 aliphatic carbocycles. The maximum absolute atomic E-state index is 4.66. The normalized spacial score (nSPS) is 10.3. The lowest BCUT2D eigenvalue weighted by atomic mass is 10.2. The first-order valence-corrected chi connectivity index (χ1v) is 4.93. The van der Waals surface area contributed by atoms with Crippen molar-refractivity contribution in [1.82, 2.24) is 15.1 Å². The van der Waals surface area contributed by atoms with Gasteiger partial charge in [-0.25, -0.2) is 0 Å². The lowest BCUT2D eigenvalue weighted by Gasteiger charge is -2.00. The van der Waals surface area contributed by atoms with Crippen molar-refractivity contribution in [2.45, 2.75) is 0 Å². The summed E-state index contributed by atoms with van der Waals surface area (Å²) in [6.07, 6.45) is 4.64. The minimum Gasteiger partial charge on any atom is -0.342 e. The lowest BCUT2D eigenvalue weighted by molar-refractivity contribution is 0.418. The van der Waals surface area contributed by atoms with Crippen molar-refractivity contribution >= 4 is 31.9 Å². The van der Waals surface area contributed by atoms with Crippen molar-refractivity contribution in [2.24, 2.45) is 0 Å². The summed E-state index contributed by atoms with van der Waals surface area (Å²) in [4.78, 5) is 7.92. The third-order valence-electron chi connectivity index (χ3n) is 1.44. The Hall–Kier alpha value is -0.750. The predicted molar refractivity (Wildman–Crippen MR) is 52.9 cm³/mol. The molecule has 2 heterocycles. The molecule has 0 saturated carbocycles. The van der Waals surface area contributed by atoms with Gasteiger partial charge in [0.25, 0.3) is 0 Å². The number of nitrogens with zero attached hydrogens (tertiary/aromatic N) is 3. The second kappa shape index (κ2) is 3.55. The van der Waals surface area contributed by atoms with Gasteiger partial charge < -0.3 is 4.52 Å². The Morgan fingerprint density at radius 3 is 2.38 bits per heavy atom. The molecule has 0 aromatic carbocycles. The summed E-state index contributed by atoms with van der Waals surface area (Å²) in [6.45, 7) is 0. The Bertz CT molecular complexity index is 395. The van der Waals surface area contributed by atoms with Crippen LogP contribution in [-0.2, 0) is 0 Å². The molecule has 0 bridgehead atoms. The number of hydrogen-bond donors (Lipinski definition) is 0. The molecule has 2 aromatic heterocycles. The van der Waals surface area contributed by atoms with E-state index in [0.717, 1.165) is 14.5 Å². The Labute approximate surface area is 90.6 Å². The van der Waals surface area contributed by atoms with Crippen LogP contribution in [-0.4, -0.2) is 15.1 Å². The van der Waals surface area contributed by atoms with Gasteiger partial charge in [-0.05, 0) is 31.9 Å². The number of aromatic nitrogens is 3. The molecule has 0 amide bonds. The quantitative estimate of drug-likeness (QED) is 0.813. The third kappa shape index (κ3) is 1.64. The SMILES string of the molecule is Brc1cncc(Br)c1-c1ncon1. The Morgan fingerprint density at radius 1 is 1.15 bits per heavy atom. The van der Waals surface area contributed by atoms with Crippen molar-refractivity contribution in [1.29, 1.82) is 0 Å². The molecule has 0 aliphatic rings. The van der Waals surface area contributed by atoms with E-state index in [1.165, 1.54) is 6.39 Å². The molecule has 0 fully saturated rings. The highest BCUT2D eigenvalue weighted by atomic mass is 79.9. The molecule has 0 radical (unpaired) electrons. The largest absolute Gasteiger partial charge is 0.342 e. The number of pyridine rings is 1. The molecule has 6 heteroatoms. The highest BCUT2D eigenvalue weighted by Gasteiger charge is 2.11. The van der Waals surface area contributed by atoms with Crippen molar-refractivity contribution in [3.05, 3.63) is 27.7 Å². The summed E-state index contributed by atoms with van der Waals surface area (Å²) in [5.41, 5.74) is 0.837. The summed E-state index contributed by atoms with van der Waals surface area (Å²) in [5, 5.41) is 3.73. The van der Waals surface area contributed by atoms with E-state index in [1.807, 2.05) is 0 Å². The van der Waals surface area contributed by atoms with Gasteiger partial charge in [0.2, 0.25) is 12.2 Å². The lowest BCUT2D eigenvalue weighted by Crippen LogP contribution is -1.85. The summed E-state index contributed by atoms with van der Waals surface area (Å²) in [6, 6.07) is 0. The topological polar surface area (TPSA) is 51.8 Å². The summed E-state index contributed by atoms with van der Waals surface area (Å²) < 4.78 is 6.30. The monoisotopic (exact) mass is 303 g/mol. The van der Waals surface area contributed by atoms with E-state index in [-0.39, 0.29) is 0 Å². The van der Waals surface area contributed by atoms with Gasteiger partial charge in [-0.3, -0.25) is 4.98 Å². The first-order chi connectivity index (χ1) is 6.29. The molecule has 0 atom stereocenters. The molecule has 0 unspecified atom stereocenters. The van der Waals surface area contributed by atoms with Gasteiger partial charge in [-0.2, -0.15) is 4.98 Å². The zero-order chi connectivity index (χ0) is 9.26. The van der Waals surface area contributed by atoms with E-state index in [2.05, 4.69) is 51.5 Å². The van der Waals surface area contributed by atoms with Crippen molar-refractivity contribution in [2.75, 3.05) is 0 Å². The van der Waals surface area contributed by atoms with Gasteiger partial charge in [-0.1, -0.05) is 5.16 Å². The van der Waals surface area contributed by atoms with Crippen LogP contribution in [0.25, 0.3) is 11.4 Å². The zero-order valence-corrected chi connectivity index (χ0v) is 9.41. The maximum Gasteiger partial charge on any atom is 0.214 e. The third-order valence-corrected chi connectivity index (χ3v) is 2.64. The fourth-order valence-electron chi connectivity index (χ4n) is 0.906. The van der Waals surface area contributed by atoms with Gasteiger partial charge in [0.1, 0.15) is 0 Å².